The number of aryl methyl sites for hydroxylation is 1. The zero-order chi connectivity index (χ0) is 14.1. The maximum atomic E-state index is 6.57. The van der Waals surface area contributed by atoms with Crippen molar-refractivity contribution in [1.29, 1.82) is 0 Å². The van der Waals surface area contributed by atoms with Crippen LogP contribution >= 0.6 is 11.3 Å². The SMILES string of the molecule is CC(C)c1ccc(C(N)C2CCCc3sccc32)cc1. The first-order valence-corrected chi connectivity index (χ1v) is 8.46. The first-order valence-electron chi connectivity index (χ1n) is 7.58. The second-order valence-corrected chi connectivity index (χ2v) is 7.15. The van der Waals surface area contributed by atoms with Crippen molar-refractivity contribution in [2.24, 2.45) is 5.73 Å². The minimum Gasteiger partial charge on any atom is -0.323 e. The summed E-state index contributed by atoms with van der Waals surface area (Å²) in [6.07, 6.45) is 3.73. The fourth-order valence-corrected chi connectivity index (χ4v) is 4.23. The molecule has 1 aromatic heterocycles. The maximum absolute atomic E-state index is 6.57. The minimum atomic E-state index is 0.130. The van der Waals surface area contributed by atoms with Gasteiger partial charge >= 0.3 is 0 Å². The third-order valence-corrected chi connectivity index (χ3v) is 5.52. The Morgan fingerprint density at radius 2 is 1.80 bits per heavy atom. The van der Waals surface area contributed by atoms with Gasteiger partial charge in [0.05, 0.1) is 0 Å². The Bertz CT molecular complexity index is 567. The predicted molar refractivity (Wildman–Crippen MR) is 87.5 cm³/mol. The van der Waals surface area contributed by atoms with Crippen molar-refractivity contribution >= 4 is 11.3 Å². The third-order valence-electron chi connectivity index (χ3n) is 4.52. The van der Waals surface area contributed by atoms with Gasteiger partial charge in [-0.25, -0.2) is 0 Å². The van der Waals surface area contributed by atoms with Gasteiger partial charge in [-0.05, 0) is 53.3 Å². The van der Waals surface area contributed by atoms with E-state index in [1.807, 2.05) is 11.3 Å². The van der Waals surface area contributed by atoms with E-state index >= 15 is 0 Å². The minimum absolute atomic E-state index is 0.130. The molecule has 0 radical (unpaired) electrons. The molecule has 0 amide bonds. The Morgan fingerprint density at radius 1 is 1.10 bits per heavy atom. The van der Waals surface area contributed by atoms with Crippen LogP contribution in [0.3, 0.4) is 0 Å². The Hall–Kier alpha value is -1.12. The highest BCUT2D eigenvalue weighted by atomic mass is 32.1. The lowest BCUT2D eigenvalue weighted by molar-refractivity contribution is 0.479. The molecule has 2 unspecified atom stereocenters. The molecule has 1 nitrogen and oxygen atoms in total. The molecule has 0 spiro atoms. The lowest BCUT2D eigenvalue weighted by Crippen LogP contribution is -2.22. The first-order chi connectivity index (χ1) is 9.66. The van der Waals surface area contributed by atoms with Gasteiger partial charge < -0.3 is 5.73 Å². The van der Waals surface area contributed by atoms with E-state index < -0.39 is 0 Å². The maximum Gasteiger partial charge on any atom is 0.0364 e. The number of thiophene rings is 1. The van der Waals surface area contributed by atoms with Crippen molar-refractivity contribution < 1.29 is 0 Å². The van der Waals surface area contributed by atoms with Gasteiger partial charge in [-0.1, -0.05) is 38.1 Å². The standard InChI is InChI=1S/C18H23NS/c1-12(2)13-6-8-14(9-7-13)18(19)16-4-3-5-17-15(16)10-11-20-17/h6-12,16,18H,3-5,19H2,1-2H3. The summed E-state index contributed by atoms with van der Waals surface area (Å²) in [5.41, 5.74) is 10.7. The summed E-state index contributed by atoms with van der Waals surface area (Å²) < 4.78 is 0. The Morgan fingerprint density at radius 3 is 2.50 bits per heavy atom. The molecule has 1 aliphatic carbocycles. The van der Waals surface area contributed by atoms with Gasteiger partial charge in [0, 0.05) is 16.8 Å². The molecule has 0 bridgehead atoms. The van der Waals surface area contributed by atoms with E-state index in [0.717, 1.165) is 0 Å². The van der Waals surface area contributed by atoms with Crippen LogP contribution in [0.15, 0.2) is 35.7 Å². The molecule has 2 N–H and O–H groups in total. The molecule has 20 heavy (non-hydrogen) atoms. The molecule has 1 heterocycles. The molecule has 2 aromatic rings. The van der Waals surface area contributed by atoms with Crippen LogP contribution < -0.4 is 5.73 Å². The van der Waals surface area contributed by atoms with Gasteiger partial charge in [-0.15, -0.1) is 11.3 Å². The smallest absolute Gasteiger partial charge is 0.0364 e. The van der Waals surface area contributed by atoms with Crippen molar-refractivity contribution in [2.75, 3.05) is 0 Å². The van der Waals surface area contributed by atoms with Crippen LogP contribution in [0, 0.1) is 0 Å². The van der Waals surface area contributed by atoms with E-state index in [1.165, 1.54) is 36.0 Å². The van der Waals surface area contributed by atoms with Crippen LogP contribution in [-0.2, 0) is 6.42 Å². The summed E-state index contributed by atoms with van der Waals surface area (Å²) in [6.45, 7) is 4.46. The zero-order valence-corrected chi connectivity index (χ0v) is 13.1. The van der Waals surface area contributed by atoms with Crippen LogP contribution in [0.25, 0.3) is 0 Å². The molecule has 0 saturated heterocycles. The largest absolute Gasteiger partial charge is 0.323 e. The van der Waals surface area contributed by atoms with Gasteiger partial charge in [-0.2, -0.15) is 0 Å². The van der Waals surface area contributed by atoms with Crippen LogP contribution in [-0.4, -0.2) is 0 Å². The quantitative estimate of drug-likeness (QED) is 0.844. The van der Waals surface area contributed by atoms with Gasteiger partial charge in [0.2, 0.25) is 0 Å². The van der Waals surface area contributed by atoms with E-state index in [2.05, 4.69) is 49.6 Å². The average Bonchev–Trinajstić information content (AvgIpc) is 2.95. The van der Waals surface area contributed by atoms with Crippen molar-refractivity contribution in [3.63, 3.8) is 0 Å². The number of rotatable bonds is 3. The second kappa shape index (κ2) is 5.71. The van der Waals surface area contributed by atoms with E-state index in [0.29, 0.717) is 11.8 Å². The van der Waals surface area contributed by atoms with E-state index in [1.54, 1.807) is 4.88 Å². The summed E-state index contributed by atoms with van der Waals surface area (Å²) in [7, 11) is 0. The number of hydrogen-bond acceptors (Lipinski definition) is 2. The van der Waals surface area contributed by atoms with E-state index in [-0.39, 0.29) is 6.04 Å². The van der Waals surface area contributed by atoms with Gasteiger partial charge in [0.1, 0.15) is 0 Å². The molecule has 0 saturated carbocycles. The first kappa shape index (κ1) is 13.8. The molecule has 106 valence electrons. The topological polar surface area (TPSA) is 26.0 Å². The molecule has 2 heteroatoms. The molecule has 3 rings (SSSR count). The fraction of sp³-hybridized carbons (Fsp3) is 0.444. The molecular formula is C18H23NS. The molecule has 1 aromatic carbocycles. The number of hydrogen-bond donors (Lipinski definition) is 1. The van der Waals surface area contributed by atoms with Crippen LogP contribution in [0.4, 0.5) is 0 Å². The van der Waals surface area contributed by atoms with Crippen molar-refractivity contribution in [3.05, 3.63) is 57.3 Å². The van der Waals surface area contributed by atoms with Crippen LogP contribution in [0.5, 0.6) is 0 Å². The molecule has 2 atom stereocenters. The summed E-state index contributed by atoms with van der Waals surface area (Å²) >= 11 is 1.89. The van der Waals surface area contributed by atoms with Gasteiger partial charge in [-0.3, -0.25) is 0 Å². The van der Waals surface area contributed by atoms with Crippen LogP contribution in [0.2, 0.25) is 0 Å². The summed E-state index contributed by atoms with van der Waals surface area (Å²) in [4.78, 5) is 1.55. The van der Waals surface area contributed by atoms with Crippen molar-refractivity contribution in [3.8, 4) is 0 Å². The summed E-state index contributed by atoms with van der Waals surface area (Å²) in [6, 6.07) is 11.3. The monoisotopic (exact) mass is 285 g/mol. The average molecular weight is 285 g/mol. The molecule has 1 aliphatic rings. The van der Waals surface area contributed by atoms with Crippen LogP contribution in [0.1, 0.15) is 66.1 Å². The summed E-state index contributed by atoms with van der Waals surface area (Å²) in [5.74, 6) is 1.08. The lowest BCUT2D eigenvalue weighted by atomic mass is 9.80. The normalized spacial score (nSPS) is 19.9. The summed E-state index contributed by atoms with van der Waals surface area (Å²) in [5, 5.41) is 2.22. The third kappa shape index (κ3) is 2.55. The highest BCUT2D eigenvalue weighted by molar-refractivity contribution is 7.10. The molecule has 0 fully saturated rings. The number of fused-ring (bicyclic) bond motifs is 1. The van der Waals surface area contributed by atoms with Crippen molar-refractivity contribution in [1.82, 2.24) is 0 Å². The number of benzene rings is 1. The highest BCUT2D eigenvalue weighted by Gasteiger charge is 2.27. The fourth-order valence-electron chi connectivity index (χ4n) is 3.23. The Labute approximate surface area is 125 Å². The van der Waals surface area contributed by atoms with Gasteiger partial charge in [0.25, 0.3) is 0 Å². The Balaban J connectivity index is 1.85. The van der Waals surface area contributed by atoms with Crippen molar-refractivity contribution in [2.45, 2.75) is 51.0 Å². The molecular weight excluding hydrogens is 262 g/mol. The number of nitrogens with two attached hydrogens (primary N) is 1. The van der Waals surface area contributed by atoms with E-state index in [4.69, 9.17) is 5.73 Å². The molecule has 0 aliphatic heterocycles. The lowest BCUT2D eigenvalue weighted by Gasteiger charge is -2.28. The Kier molecular flexibility index (Phi) is 3.95. The van der Waals surface area contributed by atoms with E-state index in [9.17, 15) is 0 Å². The predicted octanol–water partition coefficient (Wildman–Crippen LogP) is 4.99. The zero-order valence-electron chi connectivity index (χ0n) is 12.3. The second-order valence-electron chi connectivity index (χ2n) is 6.14. The highest BCUT2D eigenvalue weighted by Crippen LogP contribution is 2.41. The van der Waals surface area contributed by atoms with Gasteiger partial charge in [0.15, 0.2) is 0 Å².